The Labute approximate surface area is 194 Å². The van der Waals surface area contributed by atoms with Crippen molar-refractivity contribution in [3.05, 3.63) is 53.3 Å². The largest absolute Gasteiger partial charge is 0.497 e. The van der Waals surface area contributed by atoms with Gasteiger partial charge in [0.15, 0.2) is 5.82 Å². The van der Waals surface area contributed by atoms with Crippen molar-refractivity contribution in [1.82, 2.24) is 25.1 Å². The fourth-order valence-corrected chi connectivity index (χ4v) is 4.20. The molecule has 0 spiro atoms. The maximum Gasteiger partial charge on any atom is 0.391 e. The smallest absolute Gasteiger partial charge is 0.391 e. The molecule has 1 aromatic carbocycles. The van der Waals surface area contributed by atoms with Gasteiger partial charge in [-0.05, 0) is 48.9 Å². The summed E-state index contributed by atoms with van der Waals surface area (Å²) in [7, 11) is 3.37. The predicted octanol–water partition coefficient (Wildman–Crippen LogP) is 4.13. The molecule has 1 N–H and O–H groups in total. The molecule has 0 saturated carbocycles. The van der Waals surface area contributed by atoms with Gasteiger partial charge < -0.3 is 14.6 Å². The normalized spacial score (nSPS) is 14.4. The van der Waals surface area contributed by atoms with Gasteiger partial charge >= 0.3 is 6.18 Å². The van der Waals surface area contributed by atoms with Crippen LogP contribution >= 0.6 is 0 Å². The van der Waals surface area contributed by atoms with Crippen LogP contribution in [0.1, 0.15) is 47.3 Å². The van der Waals surface area contributed by atoms with E-state index in [-0.39, 0.29) is 18.2 Å². The van der Waals surface area contributed by atoms with Gasteiger partial charge in [0.05, 0.1) is 20.1 Å². The summed E-state index contributed by atoms with van der Waals surface area (Å²) in [6.45, 7) is 2.57. The van der Waals surface area contributed by atoms with Crippen molar-refractivity contribution in [2.75, 3.05) is 19.1 Å². The van der Waals surface area contributed by atoms with Crippen molar-refractivity contribution in [2.24, 2.45) is 0 Å². The van der Waals surface area contributed by atoms with Crippen LogP contribution in [0.4, 0.5) is 19.0 Å². The first-order valence-corrected chi connectivity index (χ1v) is 10.9. The molecule has 1 aliphatic rings. The van der Waals surface area contributed by atoms with Crippen LogP contribution in [0, 0.1) is 0 Å². The molecule has 1 aliphatic heterocycles. The highest BCUT2D eigenvalue weighted by Gasteiger charge is 2.34. The molecule has 8 nitrogen and oxygen atoms in total. The topological polar surface area (TPSA) is 85.2 Å². The van der Waals surface area contributed by atoms with E-state index in [1.807, 2.05) is 13.1 Å². The zero-order valence-electron chi connectivity index (χ0n) is 19.1. The minimum Gasteiger partial charge on any atom is -0.497 e. The Hall–Kier alpha value is -3.47. The van der Waals surface area contributed by atoms with Crippen molar-refractivity contribution in [1.29, 1.82) is 0 Å². The molecule has 3 heterocycles. The minimum atomic E-state index is -4.32. The molecular formula is C23H25F3N6O2. The molecule has 1 amide bonds. The summed E-state index contributed by atoms with van der Waals surface area (Å²) >= 11 is 0. The number of benzene rings is 1. The van der Waals surface area contributed by atoms with Crippen molar-refractivity contribution in [2.45, 2.75) is 45.1 Å². The number of ether oxygens (including phenoxy) is 1. The fraction of sp³-hybridized carbons (Fsp3) is 0.391. The molecule has 180 valence electrons. The van der Waals surface area contributed by atoms with Crippen LogP contribution < -0.4 is 15.0 Å². The highest BCUT2D eigenvalue weighted by molar-refractivity contribution is 6.10. The Morgan fingerprint density at radius 1 is 1.26 bits per heavy atom. The molecule has 1 atom stereocenters. The van der Waals surface area contributed by atoms with Gasteiger partial charge in [-0.25, -0.2) is 4.98 Å². The highest BCUT2D eigenvalue weighted by Crippen LogP contribution is 2.35. The Morgan fingerprint density at radius 3 is 2.74 bits per heavy atom. The van der Waals surface area contributed by atoms with Crippen LogP contribution in [0.3, 0.4) is 0 Å². The first-order valence-electron chi connectivity index (χ1n) is 10.9. The van der Waals surface area contributed by atoms with E-state index in [4.69, 9.17) is 4.74 Å². The number of aromatic nitrogens is 4. The Morgan fingerprint density at radius 2 is 2.06 bits per heavy atom. The second-order valence-corrected chi connectivity index (χ2v) is 8.06. The van der Waals surface area contributed by atoms with E-state index >= 15 is 0 Å². The summed E-state index contributed by atoms with van der Waals surface area (Å²) in [4.78, 5) is 19.4. The molecule has 11 heteroatoms. The van der Waals surface area contributed by atoms with Gasteiger partial charge in [-0.15, -0.1) is 10.2 Å². The van der Waals surface area contributed by atoms with Crippen LogP contribution in [-0.4, -0.2) is 46.0 Å². The summed E-state index contributed by atoms with van der Waals surface area (Å²) in [6, 6.07) is 7.78. The predicted molar refractivity (Wildman–Crippen MR) is 120 cm³/mol. The summed E-state index contributed by atoms with van der Waals surface area (Å²) in [5.74, 6) is 0.969. The van der Waals surface area contributed by atoms with E-state index in [9.17, 15) is 18.0 Å². The second-order valence-electron chi connectivity index (χ2n) is 8.06. The third kappa shape index (κ3) is 4.60. The van der Waals surface area contributed by atoms with Crippen molar-refractivity contribution in [3.8, 4) is 17.3 Å². The second kappa shape index (κ2) is 9.41. The molecule has 0 bridgehead atoms. The number of nitrogens with one attached hydrogen (secondary N) is 1. The monoisotopic (exact) mass is 474 g/mol. The number of carbonyl (C=O) groups is 1. The van der Waals surface area contributed by atoms with E-state index in [1.54, 1.807) is 43.2 Å². The lowest BCUT2D eigenvalue weighted by atomic mass is 10.0. The molecule has 0 aliphatic carbocycles. The number of hydrogen-bond donors (Lipinski definition) is 1. The van der Waals surface area contributed by atoms with Crippen LogP contribution in [-0.2, 0) is 13.1 Å². The van der Waals surface area contributed by atoms with Gasteiger partial charge in [-0.3, -0.25) is 9.69 Å². The average molecular weight is 474 g/mol. The number of nitrogens with zero attached hydrogens (tertiary/aromatic N) is 5. The Balaban J connectivity index is 1.68. The molecule has 0 fully saturated rings. The lowest BCUT2D eigenvalue weighted by molar-refractivity contribution is -0.143. The number of amides is 1. The number of fused-ring (bicyclic) bond motifs is 1. The minimum absolute atomic E-state index is 0.221. The lowest BCUT2D eigenvalue weighted by Crippen LogP contribution is -2.24. The Kier molecular flexibility index (Phi) is 6.56. The van der Waals surface area contributed by atoms with Gasteiger partial charge in [0, 0.05) is 18.2 Å². The highest BCUT2D eigenvalue weighted by atomic mass is 19.4. The molecule has 0 saturated heterocycles. The van der Waals surface area contributed by atoms with E-state index < -0.39 is 18.6 Å². The zero-order chi connectivity index (χ0) is 24.5. The summed E-state index contributed by atoms with van der Waals surface area (Å²) in [6.07, 6.45) is -3.78. The first kappa shape index (κ1) is 23.7. The number of rotatable bonds is 8. The fourth-order valence-electron chi connectivity index (χ4n) is 4.20. The van der Waals surface area contributed by atoms with Gasteiger partial charge in [0.1, 0.15) is 23.6 Å². The summed E-state index contributed by atoms with van der Waals surface area (Å²) in [5, 5.41) is 11.0. The van der Waals surface area contributed by atoms with E-state index in [2.05, 4.69) is 20.5 Å². The molecule has 0 radical (unpaired) electrons. The van der Waals surface area contributed by atoms with Crippen molar-refractivity contribution >= 4 is 11.7 Å². The maximum absolute atomic E-state index is 13.2. The van der Waals surface area contributed by atoms with Gasteiger partial charge in [-0.1, -0.05) is 13.0 Å². The average Bonchev–Trinajstić information content (AvgIpc) is 3.42. The third-order valence-electron chi connectivity index (χ3n) is 5.86. The Bertz CT molecular complexity index is 1190. The summed E-state index contributed by atoms with van der Waals surface area (Å²) in [5.41, 5.74) is 2.71. The molecule has 0 unspecified atom stereocenters. The van der Waals surface area contributed by atoms with Crippen molar-refractivity contribution < 1.29 is 22.7 Å². The van der Waals surface area contributed by atoms with Crippen LogP contribution in [0.15, 0.2) is 36.7 Å². The van der Waals surface area contributed by atoms with Gasteiger partial charge in [0.25, 0.3) is 5.91 Å². The molecule has 3 aromatic rings. The zero-order valence-corrected chi connectivity index (χ0v) is 19.1. The van der Waals surface area contributed by atoms with E-state index in [0.29, 0.717) is 35.9 Å². The lowest BCUT2D eigenvalue weighted by Gasteiger charge is -2.20. The number of pyridine rings is 1. The summed E-state index contributed by atoms with van der Waals surface area (Å²) < 4.78 is 46.0. The van der Waals surface area contributed by atoms with E-state index in [0.717, 1.165) is 11.1 Å². The van der Waals surface area contributed by atoms with Crippen LogP contribution in [0.2, 0.25) is 0 Å². The van der Waals surface area contributed by atoms with Gasteiger partial charge in [-0.2, -0.15) is 13.2 Å². The molecule has 2 aromatic heterocycles. The van der Waals surface area contributed by atoms with Crippen LogP contribution in [0.5, 0.6) is 5.75 Å². The molecule has 34 heavy (non-hydrogen) atoms. The molecular weight excluding hydrogens is 449 g/mol. The van der Waals surface area contributed by atoms with Gasteiger partial charge in [0.2, 0.25) is 0 Å². The number of hydrogen-bond acceptors (Lipinski definition) is 6. The standard InChI is InChI=1S/C23H25F3N6O2/c1-4-15(10-23(24,25)26)32-13-28-30-21(32)19-6-5-7-20(29-19)31-12-18-14(11-27-2)8-16(34-3)9-17(18)22(31)33/h5-9,13,15,27H,4,10-12H2,1-3H3/t15-/m0/s1. The number of carbonyl (C=O) groups excluding carboxylic acids is 1. The quantitative estimate of drug-likeness (QED) is 0.529. The van der Waals surface area contributed by atoms with E-state index in [1.165, 1.54) is 10.9 Å². The molecule has 4 rings (SSSR count). The van der Waals surface area contributed by atoms with Crippen molar-refractivity contribution in [3.63, 3.8) is 0 Å². The number of anilines is 1. The number of methoxy groups -OCH3 is 1. The van der Waals surface area contributed by atoms with Crippen LogP contribution in [0.25, 0.3) is 11.5 Å². The number of halogens is 3. The third-order valence-corrected chi connectivity index (χ3v) is 5.86. The first-order chi connectivity index (χ1) is 16.3. The maximum atomic E-state index is 13.2. The SMILES string of the molecule is CC[C@@H](CC(F)(F)F)n1cnnc1-c1cccc(N2Cc3c(CNC)cc(OC)cc3C2=O)n1. The number of alkyl halides is 3.